The Hall–Kier alpha value is -3.49. The second-order valence-corrected chi connectivity index (χ2v) is 5.47. The monoisotopic (exact) mass is 356 g/mol. The van der Waals surface area contributed by atoms with Crippen molar-refractivity contribution < 1.29 is 13.9 Å². The lowest BCUT2D eigenvalue weighted by atomic mass is 10.1. The molecule has 0 fully saturated rings. The van der Waals surface area contributed by atoms with Crippen LogP contribution < -0.4 is 11.1 Å². The van der Waals surface area contributed by atoms with Crippen LogP contribution in [0.2, 0.25) is 0 Å². The number of benzene rings is 1. The van der Waals surface area contributed by atoms with E-state index in [4.69, 9.17) is 10.5 Å². The van der Waals surface area contributed by atoms with Crippen molar-refractivity contribution in [2.45, 2.75) is 6.10 Å². The van der Waals surface area contributed by atoms with Gasteiger partial charge in [-0.1, -0.05) is 35.5 Å². The van der Waals surface area contributed by atoms with Crippen LogP contribution in [0, 0.1) is 0 Å². The van der Waals surface area contributed by atoms with Gasteiger partial charge in [-0.3, -0.25) is 10.3 Å². The van der Waals surface area contributed by atoms with E-state index in [0.29, 0.717) is 22.6 Å². The minimum absolute atomic E-state index is 0.276. The molecule has 134 valence electrons. The first-order chi connectivity index (χ1) is 12.6. The number of aromatic nitrogens is 4. The average molecular weight is 356 g/mol. The Bertz CT molecular complexity index is 882. The van der Waals surface area contributed by atoms with E-state index in [0.717, 1.165) is 0 Å². The molecular formula is C17H17FN6O2. The first kappa shape index (κ1) is 17.3. The Kier molecular flexibility index (Phi) is 5.07. The number of nitrogen functional groups attached to an aromatic ring is 1. The highest BCUT2D eigenvalue weighted by molar-refractivity contribution is 5.88. The Labute approximate surface area is 148 Å². The number of nitrogens with zero attached hydrogens (tertiary/aromatic N) is 4. The molecule has 1 aromatic carbocycles. The topological polar surface area (TPSA) is 108 Å². The SMILES string of the molecule is Cn1nnc(-c2ccc(N)cn2)c1NC(=O)OC(CF)c1ccccc1. The number of amides is 1. The number of nitrogens with one attached hydrogen (secondary N) is 1. The van der Waals surface area contributed by atoms with Crippen LogP contribution in [0.1, 0.15) is 11.7 Å². The fraction of sp³-hybridized carbons (Fsp3) is 0.176. The molecule has 2 aromatic heterocycles. The summed E-state index contributed by atoms with van der Waals surface area (Å²) in [5.74, 6) is 0.276. The third kappa shape index (κ3) is 3.77. The highest BCUT2D eigenvalue weighted by atomic mass is 19.1. The fourth-order valence-corrected chi connectivity index (χ4v) is 2.33. The molecule has 8 nitrogen and oxygen atoms in total. The van der Waals surface area contributed by atoms with Gasteiger partial charge in [0.2, 0.25) is 0 Å². The van der Waals surface area contributed by atoms with Crippen molar-refractivity contribution in [3.8, 4) is 11.4 Å². The van der Waals surface area contributed by atoms with E-state index in [1.807, 2.05) is 0 Å². The molecule has 0 saturated carbocycles. The quantitative estimate of drug-likeness (QED) is 0.728. The summed E-state index contributed by atoms with van der Waals surface area (Å²) in [6.45, 7) is -0.840. The number of alkyl halides is 1. The second kappa shape index (κ2) is 7.60. The van der Waals surface area contributed by atoms with E-state index in [-0.39, 0.29) is 5.82 Å². The second-order valence-electron chi connectivity index (χ2n) is 5.47. The summed E-state index contributed by atoms with van der Waals surface area (Å²) in [5.41, 5.74) is 7.52. The zero-order valence-corrected chi connectivity index (χ0v) is 14.0. The lowest BCUT2D eigenvalue weighted by Gasteiger charge is -2.15. The minimum atomic E-state index is -1.00. The van der Waals surface area contributed by atoms with E-state index in [9.17, 15) is 9.18 Å². The van der Waals surface area contributed by atoms with Gasteiger partial charge in [-0.05, 0) is 17.7 Å². The zero-order chi connectivity index (χ0) is 18.5. The predicted octanol–water partition coefficient (Wildman–Crippen LogP) is 2.72. The van der Waals surface area contributed by atoms with Crippen LogP contribution >= 0.6 is 0 Å². The molecule has 26 heavy (non-hydrogen) atoms. The molecule has 0 radical (unpaired) electrons. The molecule has 1 amide bonds. The van der Waals surface area contributed by atoms with Crippen molar-refractivity contribution in [3.05, 3.63) is 54.2 Å². The van der Waals surface area contributed by atoms with Crippen molar-refractivity contribution in [3.63, 3.8) is 0 Å². The van der Waals surface area contributed by atoms with Gasteiger partial charge in [0.05, 0.1) is 17.6 Å². The molecular weight excluding hydrogens is 339 g/mol. The smallest absolute Gasteiger partial charge is 0.413 e. The van der Waals surface area contributed by atoms with E-state index in [1.165, 1.54) is 10.9 Å². The highest BCUT2D eigenvalue weighted by Gasteiger charge is 2.21. The number of carbonyl (C=O) groups is 1. The summed E-state index contributed by atoms with van der Waals surface area (Å²) in [5, 5.41) is 10.4. The van der Waals surface area contributed by atoms with Gasteiger partial charge in [0.25, 0.3) is 0 Å². The average Bonchev–Trinajstić information content (AvgIpc) is 3.01. The van der Waals surface area contributed by atoms with Crippen LogP contribution in [0.25, 0.3) is 11.4 Å². The Morgan fingerprint density at radius 3 is 2.73 bits per heavy atom. The van der Waals surface area contributed by atoms with E-state index in [1.54, 1.807) is 49.5 Å². The summed E-state index contributed by atoms with van der Waals surface area (Å²) >= 11 is 0. The van der Waals surface area contributed by atoms with Gasteiger partial charge in [-0.25, -0.2) is 13.9 Å². The number of ether oxygens (including phenoxy) is 1. The molecule has 0 aliphatic rings. The predicted molar refractivity (Wildman–Crippen MR) is 93.9 cm³/mol. The third-order valence-electron chi connectivity index (χ3n) is 3.64. The van der Waals surface area contributed by atoms with Gasteiger partial charge >= 0.3 is 6.09 Å². The normalized spacial score (nSPS) is 11.8. The Balaban J connectivity index is 1.77. The molecule has 3 aromatic rings. The number of aryl methyl sites for hydroxylation is 1. The molecule has 0 aliphatic heterocycles. The molecule has 0 aliphatic carbocycles. The highest BCUT2D eigenvalue weighted by Crippen LogP contribution is 2.25. The molecule has 0 spiro atoms. The number of hydrogen-bond donors (Lipinski definition) is 2. The first-order valence-corrected chi connectivity index (χ1v) is 7.78. The van der Waals surface area contributed by atoms with Crippen LogP contribution in [0.5, 0.6) is 0 Å². The molecule has 9 heteroatoms. The lowest BCUT2D eigenvalue weighted by molar-refractivity contribution is 0.0928. The summed E-state index contributed by atoms with van der Waals surface area (Å²) in [7, 11) is 1.60. The van der Waals surface area contributed by atoms with E-state index in [2.05, 4.69) is 20.6 Å². The van der Waals surface area contributed by atoms with Crippen molar-refractivity contribution in [1.82, 2.24) is 20.0 Å². The van der Waals surface area contributed by atoms with Gasteiger partial charge in [-0.15, -0.1) is 5.10 Å². The Morgan fingerprint density at radius 1 is 1.31 bits per heavy atom. The van der Waals surface area contributed by atoms with Crippen LogP contribution in [0.4, 0.5) is 20.7 Å². The number of hydrogen-bond acceptors (Lipinski definition) is 6. The van der Waals surface area contributed by atoms with Crippen LogP contribution in [-0.4, -0.2) is 32.7 Å². The van der Waals surface area contributed by atoms with Gasteiger partial charge < -0.3 is 10.5 Å². The van der Waals surface area contributed by atoms with E-state index < -0.39 is 18.9 Å². The first-order valence-electron chi connectivity index (χ1n) is 7.78. The molecule has 0 saturated heterocycles. The van der Waals surface area contributed by atoms with Crippen LogP contribution in [0.3, 0.4) is 0 Å². The summed E-state index contributed by atoms with van der Waals surface area (Å²) in [6.07, 6.45) is -0.352. The summed E-state index contributed by atoms with van der Waals surface area (Å²) in [6, 6.07) is 12.0. The van der Waals surface area contributed by atoms with Crippen LogP contribution in [-0.2, 0) is 11.8 Å². The number of halogens is 1. The maximum Gasteiger partial charge on any atom is 0.413 e. The van der Waals surface area contributed by atoms with Crippen molar-refractivity contribution in [1.29, 1.82) is 0 Å². The van der Waals surface area contributed by atoms with Crippen molar-refractivity contribution >= 4 is 17.6 Å². The zero-order valence-electron chi connectivity index (χ0n) is 14.0. The lowest BCUT2D eigenvalue weighted by Crippen LogP contribution is -2.20. The van der Waals surface area contributed by atoms with Crippen molar-refractivity contribution in [2.24, 2.45) is 7.05 Å². The minimum Gasteiger partial charge on any atom is -0.438 e. The number of carbonyl (C=O) groups excluding carboxylic acids is 1. The molecule has 0 bridgehead atoms. The number of nitrogens with two attached hydrogens (primary N) is 1. The molecule has 3 N–H and O–H groups in total. The standard InChI is InChI=1S/C17H17FN6O2/c1-24-16(15(22-23-24)13-8-7-12(19)10-20-13)21-17(25)26-14(9-18)11-5-3-2-4-6-11/h2-8,10,14H,9,19H2,1H3,(H,21,25). The largest absolute Gasteiger partial charge is 0.438 e. The third-order valence-corrected chi connectivity index (χ3v) is 3.64. The Morgan fingerprint density at radius 2 is 2.08 bits per heavy atom. The maximum absolute atomic E-state index is 13.3. The van der Waals surface area contributed by atoms with Crippen LogP contribution in [0.15, 0.2) is 48.7 Å². The van der Waals surface area contributed by atoms with E-state index >= 15 is 0 Å². The van der Waals surface area contributed by atoms with Gasteiger partial charge in [0, 0.05) is 7.05 Å². The molecule has 1 atom stereocenters. The number of rotatable bonds is 5. The molecule has 2 heterocycles. The molecule has 3 rings (SSSR count). The molecule has 1 unspecified atom stereocenters. The van der Waals surface area contributed by atoms with Gasteiger partial charge in [-0.2, -0.15) is 0 Å². The summed E-state index contributed by atoms with van der Waals surface area (Å²) in [4.78, 5) is 16.4. The van der Waals surface area contributed by atoms with Gasteiger partial charge in [0.1, 0.15) is 6.67 Å². The maximum atomic E-state index is 13.3. The summed E-state index contributed by atoms with van der Waals surface area (Å²) < 4.78 is 19.8. The van der Waals surface area contributed by atoms with Crippen molar-refractivity contribution in [2.75, 3.05) is 17.7 Å². The number of pyridine rings is 1. The number of anilines is 2. The van der Waals surface area contributed by atoms with Gasteiger partial charge in [0.15, 0.2) is 17.6 Å². The fourth-order valence-electron chi connectivity index (χ4n) is 2.33.